The summed E-state index contributed by atoms with van der Waals surface area (Å²) in [6.45, 7) is 4.09. The average Bonchev–Trinajstić information content (AvgIpc) is 3.62. The maximum atomic E-state index is 11.0. The number of carbonyl (C=O) groups is 1. The van der Waals surface area contributed by atoms with Crippen LogP contribution in [0.25, 0.3) is 22.3 Å². The number of nitrogen functional groups attached to an aromatic ring is 4. The molecule has 3 aromatic carbocycles. The fourth-order valence-corrected chi connectivity index (χ4v) is 5.54. The number of aliphatic carboxylic acids is 1. The second-order valence-corrected chi connectivity index (χ2v) is 11.6. The fraction of sp³-hybridized carbons (Fsp3) is 0.237. The molecule has 0 spiro atoms. The van der Waals surface area contributed by atoms with E-state index >= 15 is 0 Å². The maximum Gasteiger partial charge on any atom is 0.307 e. The second kappa shape index (κ2) is 16.4. The maximum absolute atomic E-state index is 11.0. The van der Waals surface area contributed by atoms with Gasteiger partial charge < -0.3 is 51.7 Å². The Hall–Kier alpha value is -6.95. The van der Waals surface area contributed by atoms with E-state index in [1.807, 2.05) is 38.1 Å². The number of carboxylic acid groups (broad SMARTS) is 1. The van der Waals surface area contributed by atoms with E-state index < -0.39 is 5.97 Å². The Morgan fingerprint density at radius 3 is 2.15 bits per heavy atom. The van der Waals surface area contributed by atoms with Gasteiger partial charge >= 0.3 is 5.97 Å². The van der Waals surface area contributed by atoms with E-state index in [2.05, 4.69) is 31.8 Å². The summed E-state index contributed by atoms with van der Waals surface area (Å²) in [5.74, 6) is 9.04. The molecule has 3 heterocycles. The van der Waals surface area contributed by atoms with E-state index in [9.17, 15) is 4.79 Å². The van der Waals surface area contributed by atoms with Crippen LogP contribution >= 0.6 is 0 Å². The van der Waals surface area contributed by atoms with Crippen molar-refractivity contribution in [3.8, 4) is 62.8 Å². The van der Waals surface area contributed by atoms with E-state index in [1.165, 1.54) is 0 Å². The number of nitrogens with zero attached hydrogens (tertiary/aromatic N) is 4. The summed E-state index contributed by atoms with van der Waals surface area (Å²) in [5.41, 5.74) is 29.2. The summed E-state index contributed by atoms with van der Waals surface area (Å²) < 4.78 is 27.2. The molecule has 53 heavy (non-hydrogen) atoms. The molecular weight excluding hydrogens is 680 g/mol. The number of nitrogens with two attached hydrogens (primary N) is 4. The number of hydrogen-bond donors (Lipinski definition) is 5. The van der Waals surface area contributed by atoms with Crippen LogP contribution in [0.2, 0.25) is 0 Å². The number of aromatic nitrogens is 4. The van der Waals surface area contributed by atoms with Gasteiger partial charge in [0.1, 0.15) is 11.6 Å². The van der Waals surface area contributed by atoms with Crippen LogP contribution in [0.1, 0.15) is 42.1 Å². The molecule has 0 aliphatic carbocycles. The topological polar surface area (TPSA) is 239 Å². The molecule has 0 saturated carbocycles. The van der Waals surface area contributed by atoms with E-state index in [0.29, 0.717) is 52.0 Å². The van der Waals surface area contributed by atoms with Crippen LogP contribution in [0.5, 0.6) is 28.7 Å². The van der Waals surface area contributed by atoms with Crippen molar-refractivity contribution in [1.29, 1.82) is 0 Å². The second-order valence-electron chi connectivity index (χ2n) is 11.6. The first kappa shape index (κ1) is 37.3. The van der Waals surface area contributed by atoms with Crippen molar-refractivity contribution in [3.63, 3.8) is 0 Å². The Labute approximate surface area is 306 Å². The molecule has 0 saturated heterocycles. The lowest BCUT2D eigenvalue weighted by Gasteiger charge is -2.14. The normalized spacial score (nSPS) is 11.7. The Kier molecular flexibility index (Phi) is 11.5. The number of methoxy groups -OCH3 is 3. The summed E-state index contributed by atoms with van der Waals surface area (Å²) >= 11 is 0. The van der Waals surface area contributed by atoms with Crippen LogP contribution in [0.3, 0.4) is 0 Å². The first-order chi connectivity index (χ1) is 25.5. The predicted octanol–water partition coefficient (Wildman–Crippen LogP) is 4.72. The summed E-state index contributed by atoms with van der Waals surface area (Å²) in [5, 5.41) is 9.00. The summed E-state index contributed by atoms with van der Waals surface area (Å²) in [6.07, 6.45) is 2.17. The van der Waals surface area contributed by atoms with Gasteiger partial charge in [-0.1, -0.05) is 43.0 Å². The Morgan fingerprint density at radius 2 is 1.55 bits per heavy atom. The minimum Gasteiger partial charge on any atom is -0.493 e. The molecule has 1 aliphatic rings. The molecule has 6 rings (SSSR count). The minimum atomic E-state index is -0.867. The number of benzene rings is 3. The third kappa shape index (κ3) is 8.51. The predicted molar refractivity (Wildman–Crippen MR) is 201 cm³/mol. The van der Waals surface area contributed by atoms with Crippen LogP contribution < -0.4 is 46.6 Å². The lowest BCUT2D eigenvalue weighted by Crippen LogP contribution is -2.06. The number of rotatable bonds is 9. The van der Waals surface area contributed by atoms with E-state index in [0.717, 1.165) is 27.8 Å². The van der Waals surface area contributed by atoms with Crippen LogP contribution in [0, 0.1) is 11.8 Å². The molecular formula is C38H40N8O7. The van der Waals surface area contributed by atoms with Gasteiger partial charge in [0.15, 0.2) is 23.0 Å². The van der Waals surface area contributed by atoms with Gasteiger partial charge in [-0.05, 0) is 59.9 Å². The van der Waals surface area contributed by atoms with Gasteiger partial charge in [0, 0.05) is 23.2 Å². The van der Waals surface area contributed by atoms with Gasteiger partial charge in [-0.15, -0.1) is 0 Å². The molecule has 0 fully saturated rings. The number of ether oxygens (including phenoxy) is 5. The highest BCUT2D eigenvalue weighted by Crippen LogP contribution is 2.44. The van der Waals surface area contributed by atoms with Crippen LogP contribution in [-0.4, -0.2) is 59.1 Å². The SMILES string of the molecule is CCc1nc(N)nc(N)c1C#CC(C)c1cc2c(c(-c3ccc(CC(=O)O)cc3)c1)OCO2.COc1cc(-c2cnc(N)nc2N)cc(OC)c1OC. The molecule has 1 unspecified atom stereocenters. The number of fused-ring (bicyclic) bond motifs is 1. The van der Waals surface area contributed by atoms with Gasteiger partial charge in [0.2, 0.25) is 24.4 Å². The van der Waals surface area contributed by atoms with Crippen molar-refractivity contribution < 1.29 is 33.6 Å². The number of hydrogen-bond acceptors (Lipinski definition) is 14. The highest BCUT2D eigenvalue weighted by Gasteiger charge is 2.22. The third-order valence-electron chi connectivity index (χ3n) is 8.21. The first-order valence-corrected chi connectivity index (χ1v) is 16.3. The van der Waals surface area contributed by atoms with Gasteiger partial charge in [-0.25, -0.2) is 9.97 Å². The summed E-state index contributed by atoms with van der Waals surface area (Å²) in [4.78, 5) is 27.1. The quantitative estimate of drug-likeness (QED) is 0.130. The van der Waals surface area contributed by atoms with E-state index in [1.54, 1.807) is 51.8 Å². The van der Waals surface area contributed by atoms with Crippen molar-refractivity contribution in [2.75, 3.05) is 51.1 Å². The lowest BCUT2D eigenvalue weighted by atomic mass is 9.94. The van der Waals surface area contributed by atoms with Crippen LogP contribution in [0.4, 0.5) is 23.5 Å². The molecule has 1 aliphatic heterocycles. The summed E-state index contributed by atoms with van der Waals surface area (Å²) in [7, 11) is 4.63. The zero-order valence-corrected chi connectivity index (χ0v) is 29.9. The monoisotopic (exact) mass is 720 g/mol. The average molecular weight is 721 g/mol. The number of anilines is 4. The van der Waals surface area contributed by atoms with E-state index in [-0.39, 0.29) is 42.7 Å². The molecule has 9 N–H and O–H groups in total. The molecule has 0 amide bonds. The van der Waals surface area contributed by atoms with E-state index in [4.69, 9.17) is 51.7 Å². The van der Waals surface area contributed by atoms with Gasteiger partial charge in [-0.3, -0.25) is 4.79 Å². The summed E-state index contributed by atoms with van der Waals surface area (Å²) in [6, 6.07) is 14.9. The standard InChI is InChI=1S/C25H24N4O4.C13H16N4O3/c1-3-20-18(24(26)29-25(27)28-20)9-4-14(2)17-11-19(23-21(12-17)32-13-33-23)16-7-5-15(6-8-16)10-22(30)31;1-18-9-4-7(5-10(19-2)11(9)20-3)8-6-16-13(15)17-12(8)14/h5-8,11-12,14H,3,10,13H2,1-2H3,(H,30,31)(H4,26,27,28,29);4-6H,1-3H3,(H4,14,15,16,17). The molecule has 1 atom stereocenters. The molecule has 0 radical (unpaired) electrons. The van der Waals surface area contributed by atoms with Gasteiger partial charge in [0.05, 0.1) is 39.0 Å². The van der Waals surface area contributed by atoms with Crippen LogP contribution in [-0.2, 0) is 17.6 Å². The largest absolute Gasteiger partial charge is 0.493 e. The van der Waals surface area contributed by atoms with Crippen molar-refractivity contribution in [1.82, 2.24) is 19.9 Å². The highest BCUT2D eigenvalue weighted by atomic mass is 16.7. The van der Waals surface area contributed by atoms with Crippen molar-refractivity contribution in [3.05, 3.63) is 77.1 Å². The molecule has 15 nitrogen and oxygen atoms in total. The molecule has 15 heteroatoms. The minimum absolute atomic E-state index is 0.0254. The first-order valence-electron chi connectivity index (χ1n) is 16.3. The Bertz CT molecular complexity index is 2180. The molecule has 0 bridgehead atoms. The Morgan fingerprint density at radius 1 is 0.868 bits per heavy atom. The molecule has 274 valence electrons. The fourth-order valence-electron chi connectivity index (χ4n) is 5.54. The Balaban J connectivity index is 0.000000231. The lowest BCUT2D eigenvalue weighted by molar-refractivity contribution is -0.136. The highest BCUT2D eigenvalue weighted by molar-refractivity contribution is 5.78. The molecule has 2 aromatic heterocycles. The van der Waals surface area contributed by atoms with Gasteiger partial charge in [0.25, 0.3) is 0 Å². The molecule has 5 aromatic rings. The third-order valence-corrected chi connectivity index (χ3v) is 8.21. The zero-order valence-electron chi connectivity index (χ0n) is 29.9. The van der Waals surface area contributed by atoms with Gasteiger partial charge in [-0.2, -0.15) is 9.97 Å². The van der Waals surface area contributed by atoms with Crippen molar-refractivity contribution in [2.24, 2.45) is 0 Å². The van der Waals surface area contributed by atoms with Crippen molar-refractivity contribution in [2.45, 2.75) is 32.6 Å². The number of carboxylic acids is 1. The van der Waals surface area contributed by atoms with Crippen molar-refractivity contribution >= 4 is 29.5 Å². The van der Waals surface area contributed by atoms with Crippen LogP contribution in [0.15, 0.2) is 54.7 Å². The number of aryl methyl sites for hydroxylation is 1. The smallest absolute Gasteiger partial charge is 0.307 e. The zero-order chi connectivity index (χ0) is 38.2.